The maximum absolute atomic E-state index is 10.4. The molecule has 0 fully saturated rings. The summed E-state index contributed by atoms with van der Waals surface area (Å²) in [6.45, 7) is 2.11. The zero-order chi connectivity index (χ0) is 9.94. The summed E-state index contributed by atoms with van der Waals surface area (Å²) in [5.41, 5.74) is 0. The Hall–Kier alpha value is -0.690. The van der Waals surface area contributed by atoms with Crippen molar-refractivity contribution in [2.75, 3.05) is 40.0 Å². The Morgan fingerprint density at radius 2 is 2.00 bits per heavy atom. The first-order valence-electron chi connectivity index (χ1n) is 4.01. The van der Waals surface area contributed by atoms with Crippen LogP contribution in [0.2, 0.25) is 0 Å². The van der Waals surface area contributed by atoms with E-state index in [-0.39, 0.29) is 6.61 Å². The van der Waals surface area contributed by atoms with E-state index < -0.39 is 5.97 Å². The molecule has 0 aromatic heterocycles. The van der Waals surface area contributed by atoms with Crippen LogP contribution in [0.25, 0.3) is 0 Å². The first-order chi connectivity index (χ1) is 6.31. The quantitative estimate of drug-likeness (QED) is 0.366. The Balaban J connectivity index is 2.95. The topological polar surface area (TPSA) is 82.8 Å². The fourth-order valence-electron chi connectivity index (χ4n) is 0.584. The molecule has 6 heteroatoms. The molecule has 0 aromatic carbocycles. The fraction of sp³-hybridized carbons (Fsp3) is 0.857. The SMILES string of the molecule is CNCCOCCOCC(=O)ON. The van der Waals surface area contributed by atoms with Crippen LogP contribution in [0.4, 0.5) is 0 Å². The van der Waals surface area contributed by atoms with Gasteiger partial charge in [0.25, 0.3) is 0 Å². The second-order valence-corrected chi connectivity index (χ2v) is 2.26. The number of hydrogen-bond donors (Lipinski definition) is 2. The number of nitrogens with two attached hydrogens (primary N) is 1. The van der Waals surface area contributed by atoms with Gasteiger partial charge < -0.3 is 19.6 Å². The van der Waals surface area contributed by atoms with E-state index >= 15 is 0 Å². The van der Waals surface area contributed by atoms with Gasteiger partial charge in [-0.3, -0.25) is 0 Å². The fourth-order valence-corrected chi connectivity index (χ4v) is 0.584. The Morgan fingerprint density at radius 3 is 2.62 bits per heavy atom. The van der Waals surface area contributed by atoms with Crippen molar-refractivity contribution in [1.82, 2.24) is 5.32 Å². The van der Waals surface area contributed by atoms with E-state index in [9.17, 15) is 4.79 Å². The van der Waals surface area contributed by atoms with E-state index in [1.165, 1.54) is 0 Å². The number of carbonyl (C=O) groups excluding carboxylic acids is 1. The molecule has 0 saturated heterocycles. The van der Waals surface area contributed by atoms with Gasteiger partial charge in [-0.1, -0.05) is 0 Å². The highest BCUT2D eigenvalue weighted by molar-refractivity contribution is 5.70. The van der Waals surface area contributed by atoms with Gasteiger partial charge in [0.1, 0.15) is 6.61 Å². The van der Waals surface area contributed by atoms with Gasteiger partial charge in [-0.05, 0) is 7.05 Å². The highest BCUT2D eigenvalue weighted by Gasteiger charge is 1.99. The van der Waals surface area contributed by atoms with Crippen molar-refractivity contribution in [1.29, 1.82) is 0 Å². The van der Waals surface area contributed by atoms with Gasteiger partial charge in [-0.25, -0.2) is 4.79 Å². The second kappa shape index (κ2) is 9.40. The van der Waals surface area contributed by atoms with Gasteiger partial charge in [0.15, 0.2) is 0 Å². The van der Waals surface area contributed by atoms with Crippen LogP contribution >= 0.6 is 0 Å². The summed E-state index contributed by atoms with van der Waals surface area (Å²) in [7, 11) is 1.84. The Kier molecular flexibility index (Phi) is 8.90. The molecular formula is C7H16N2O4. The minimum absolute atomic E-state index is 0.133. The predicted molar refractivity (Wildman–Crippen MR) is 45.8 cm³/mol. The number of likely N-dealkylation sites (N-methyl/N-ethyl adjacent to an activating group) is 1. The van der Waals surface area contributed by atoms with Gasteiger partial charge in [-0.2, -0.15) is 5.90 Å². The highest BCUT2D eigenvalue weighted by atomic mass is 16.7. The van der Waals surface area contributed by atoms with Crippen molar-refractivity contribution in [3.63, 3.8) is 0 Å². The highest BCUT2D eigenvalue weighted by Crippen LogP contribution is 1.79. The van der Waals surface area contributed by atoms with Crippen LogP contribution < -0.4 is 11.2 Å². The zero-order valence-corrected chi connectivity index (χ0v) is 7.75. The average molecular weight is 192 g/mol. The van der Waals surface area contributed by atoms with Crippen LogP contribution in [-0.2, 0) is 19.1 Å². The minimum Gasteiger partial charge on any atom is -0.378 e. The summed E-state index contributed by atoms with van der Waals surface area (Å²) >= 11 is 0. The molecule has 0 spiro atoms. The van der Waals surface area contributed by atoms with Gasteiger partial charge in [0.2, 0.25) is 0 Å². The molecule has 0 aromatic rings. The maximum Gasteiger partial charge on any atom is 0.350 e. The van der Waals surface area contributed by atoms with Crippen molar-refractivity contribution in [2.24, 2.45) is 5.90 Å². The van der Waals surface area contributed by atoms with Gasteiger partial charge in [0, 0.05) is 6.54 Å². The van der Waals surface area contributed by atoms with Crippen LogP contribution in [0.15, 0.2) is 0 Å². The third-order valence-electron chi connectivity index (χ3n) is 1.22. The summed E-state index contributed by atoms with van der Waals surface area (Å²) in [6.07, 6.45) is 0. The Bertz CT molecular complexity index is 132. The molecule has 78 valence electrons. The normalized spacial score (nSPS) is 10.0. The third-order valence-corrected chi connectivity index (χ3v) is 1.22. The molecule has 13 heavy (non-hydrogen) atoms. The molecule has 0 saturated carbocycles. The second-order valence-electron chi connectivity index (χ2n) is 2.26. The summed E-state index contributed by atoms with van der Waals surface area (Å²) in [5, 5.41) is 2.93. The molecule has 0 unspecified atom stereocenters. The first-order valence-corrected chi connectivity index (χ1v) is 4.01. The monoisotopic (exact) mass is 192 g/mol. The van der Waals surface area contributed by atoms with Crippen LogP contribution in [0.3, 0.4) is 0 Å². The van der Waals surface area contributed by atoms with Gasteiger partial charge in [0.05, 0.1) is 19.8 Å². The number of hydrogen-bond acceptors (Lipinski definition) is 6. The van der Waals surface area contributed by atoms with E-state index in [0.717, 1.165) is 6.54 Å². The summed E-state index contributed by atoms with van der Waals surface area (Å²) in [4.78, 5) is 14.3. The molecule has 0 atom stereocenters. The average Bonchev–Trinajstić information content (AvgIpc) is 2.16. The summed E-state index contributed by atoms with van der Waals surface area (Å²) in [5.74, 6) is 4.00. The van der Waals surface area contributed by atoms with E-state index in [4.69, 9.17) is 9.47 Å². The Labute approximate surface area is 77.3 Å². The van der Waals surface area contributed by atoms with E-state index in [0.29, 0.717) is 19.8 Å². The molecule has 0 amide bonds. The molecule has 0 radical (unpaired) electrons. The van der Waals surface area contributed by atoms with Crippen molar-refractivity contribution in [3.05, 3.63) is 0 Å². The molecule has 0 aliphatic rings. The lowest BCUT2D eigenvalue weighted by Crippen LogP contribution is -2.19. The molecule has 0 heterocycles. The number of rotatable bonds is 8. The summed E-state index contributed by atoms with van der Waals surface area (Å²) < 4.78 is 9.99. The maximum atomic E-state index is 10.4. The lowest BCUT2D eigenvalue weighted by Gasteiger charge is -2.03. The largest absolute Gasteiger partial charge is 0.378 e. The minimum atomic E-state index is -0.588. The van der Waals surface area contributed by atoms with Crippen molar-refractivity contribution in [2.45, 2.75) is 0 Å². The molecule has 0 aliphatic carbocycles. The molecular weight excluding hydrogens is 176 g/mol. The van der Waals surface area contributed by atoms with Crippen LogP contribution in [0.1, 0.15) is 0 Å². The lowest BCUT2D eigenvalue weighted by molar-refractivity contribution is -0.150. The number of ether oxygens (including phenoxy) is 2. The van der Waals surface area contributed by atoms with Crippen molar-refractivity contribution < 1.29 is 19.1 Å². The van der Waals surface area contributed by atoms with E-state index in [1.807, 2.05) is 7.05 Å². The smallest absolute Gasteiger partial charge is 0.350 e. The van der Waals surface area contributed by atoms with Crippen LogP contribution in [-0.4, -0.2) is 46.0 Å². The Morgan fingerprint density at radius 1 is 1.31 bits per heavy atom. The van der Waals surface area contributed by atoms with Crippen LogP contribution in [0.5, 0.6) is 0 Å². The van der Waals surface area contributed by atoms with E-state index in [2.05, 4.69) is 16.1 Å². The molecule has 3 N–H and O–H groups in total. The zero-order valence-electron chi connectivity index (χ0n) is 7.75. The molecule has 0 bridgehead atoms. The number of nitrogens with one attached hydrogen (secondary N) is 1. The summed E-state index contributed by atoms with van der Waals surface area (Å²) in [6, 6.07) is 0. The molecule has 6 nitrogen and oxygen atoms in total. The molecule has 0 aliphatic heterocycles. The van der Waals surface area contributed by atoms with Gasteiger partial charge >= 0.3 is 5.97 Å². The van der Waals surface area contributed by atoms with Crippen LogP contribution in [0, 0.1) is 0 Å². The van der Waals surface area contributed by atoms with Crippen molar-refractivity contribution in [3.8, 4) is 0 Å². The predicted octanol–water partition coefficient (Wildman–Crippen LogP) is -1.34. The van der Waals surface area contributed by atoms with Crippen molar-refractivity contribution >= 4 is 5.97 Å². The first kappa shape index (κ1) is 12.3. The number of carbonyl (C=O) groups is 1. The molecule has 0 rings (SSSR count). The third kappa shape index (κ3) is 9.22. The van der Waals surface area contributed by atoms with E-state index in [1.54, 1.807) is 0 Å². The van der Waals surface area contributed by atoms with Gasteiger partial charge in [-0.15, -0.1) is 0 Å². The standard InChI is InChI=1S/C7H16N2O4/c1-9-2-3-11-4-5-12-6-7(10)13-8/h9H,2-6,8H2,1H3. The lowest BCUT2D eigenvalue weighted by atomic mass is 10.6.